The molecule has 0 amide bonds. The standard InChI is InChI=1S/C13H14N2/c1-9-7-14-13(15-8-9)12-5-4-10(2)11(3)6-12/h4-8H,1-3H3. The fraction of sp³-hybridized carbons (Fsp3) is 0.231. The lowest BCUT2D eigenvalue weighted by Gasteiger charge is -2.03. The molecule has 76 valence electrons. The van der Waals surface area contributed by atoms with Crippen LogP contribution in [0.25, 0.3) is 11.4 Å². The fourth-order valence-corrected chi connectivity index (χ4v) is 1.42. The van der Waals surface area contributed by atoms with Gasteiger partial charge >= 0.3 is 0 Å². The molecule has 0 atom stereocenters. The van der Waals surface area contributed by atoms with Crippen LogP contribution in [0, 0.1) is 20.8 Å². The normalized spacial score (nSPS) is 10.3. The Balaban J connectivity index is 2.45. The Hall–Kier alpha value is -1.70. The second-order valence-electron chi connectivity index (χ2n) is 3.88. The summed E-state index contributed by atoms with van der Waals surface area (Å²) >= 11 is 0. The smallest absolute Gasteiger partial charge is 0.159 e. The summed E-state index contributed by atoms with van der Waals surface area (Å²) in [5, 5.41) is 0. The van der Waals surface area contributed by atoms with Crippen LogP contribution in [0.2, 0.25) is 0 Å². The third-order valence-electron chi connectivity index (χ3n) is 2.55. The molecule has 0 saturated heterocycles. The molecule has 2 rings (SSSR count). The van der Waals surface area contributed by atoms with Gasteiger partial charge in [-0.1, -0.05) is 12.1 Å². The highest BCUT2D eigenvalue weighted by atomic mass is 14.9. The van der Waals surface area contributed by atoms with Crippen LogP contribution >= 0.6 is 0 Å². The van der Waals surface area contributed by atoms with E-state index in [4.69, 9.17) is 0 Å². The van der Waals surface area contributed by atoms with Crippen LogP contribution in [0.15, 0.2) is 30.6 Å². The molecule has 0 bridgehead atoms. The molecule has 0 unspecified atom stereocenters. The van der Waals surface area contributed by atoms with Gasteiger partial charge in [0.1, 0.15) is 0 Å². The minimum atomic E-state index is 0.795. The van der Waals surface area contributed by atoms with Gasteiger partial charge < -0.3 is 0 Å². The second kappa shape index (κ2) is 3.81. The zero-order valence-corrected chi connectivity index (χ0v) is 9.28. The lowest BCUT2D eigenvalue weighted by Crippen LogP contribution is -1.90. The van der Waals surface area contributed by atoms with Crippen molar-refractivity contribution in [2.45, 2.75) is 20.8 Å². The average molecular weight is 198 g/mol. The van der Waals surface area contributed by atoms with Crippen LogP contribution in [0.4, 0.5) is 0 Å². The van der Waals surface area contributed by atoms with Gasteiger partial charge in [0.2, 0.25) is 0 Å². The quantitative estimate of drug-likeness (QED) is 0.703. The van der Waals surface area contributed by atoms with Crippen LogP contribution in [0.5, 0.6) is 0 Å². The molecule has 0 spiro atoms. The minimum Gasteiger partial charge on any atom is -0.236 e. The first-order valence-corrected chi connectivity index (χ1v) is 5.03. The Morgan fingerprint density at radius 2 is 1.53 bits per heavy atom. The summed E-state index contributed by atoms with van der Waals surface area (Å²) in [6.07, 6.45) is 3.69. The third kappa shape index (κ3) is 2.04. The molecule has 0 radical (unpaired) electrons. The van der Waals surface area contributed by atoms with Gasteiger partial charge in [0.05, 0.1) is 0 Å². The van der Waals surface area contributed by atoms with E-state index in [2.05, 4.69) is 42.0 Å². The molecule has 2 nitrogen and oxygen atoms in total. The van der Waals surface area contributed by atoms with E-state index < -0.39 is 0 Å². The van der Waals surface area contributed by atoms with Crippen LogP contribution in [0.3, 0.4) is 0 Å². The highest BCUT2D eigenvalue weighted by Gasteiger charge is 2.01. The third-order valence-corrected chi connectivity index (χ3v) is 2.55. The maximum atomic E-state index is 4.31. The van der Waals surface area contributed by atoms with Gasteiger partial charge in [-0.05, 0) is 43.5 Å². The molecule has 0 aliphatic rings. The zero-order valence-electron chi connectivity index (χ0n) is 9.28. The monoisotopic (exact) mass is 198 g/mol. The molecular formula is C13H14N2. The van der Waals surface area contributed by atoms with Crippen molar-refractivity contribution >= 4 is 0 Å². The van der Waals surface area contributed by atoms with Crippen molar-refractivity contribution in [2.75, 3.05) is 0 Å². The van der Waals surface area contributed by atoms with Crippen LogP contribution in [0.1, 0.15) is 16.7 Å². The number of aryl methyl sites for hydroxylation is 3. The van der Waals surface area contributed by atoms with Gasteiger partial charge in [-0.25, -0.2) is 9.97 Å². The van der Waals surface area contributed by atoms with Gasteiger partial charge in [-0.2, -0.15) is 0 Å². The maximum Gasteiger partial charge on any atom is 0.159 e. The van der Waals surface area contributed by atoms with Crippen LogP contribution < -0.4 is 0 Å². The van der Waals surface area contributed by atoms with E-state index in [9.17, 15) is 0 Å². The Morgan fingerprint density at radius 1 is 0.867 bits per heavy atom. The van der Waals surface area contributed by atoms with E-state index in [1.54, 1.807) is 0 Å². The summed E-state index contributed by atoms with van der Waals surface area (Å²) in [6.45, 7) is 6.20. The van der Waals surface area contributed by atoms with E-state index in [0.29, 0.717) is 0 Å². The summed E-state index contributed by atoms with van der Waals surface area (Å²) in [7, 11) is 0. The molecule has 0 saturated carbocycles. The molecule has 2 aromatic rings. The lowest BCUT2D eigenvalue weighted by molar-refractivity contribution is 1.13. The average Bonchev–Trinajstić information content (AvgIpc) is 2.23. The minimum absolute atomic E-state index is 0.795. The largest absolute Gasteiger partial charge is 0.236 e. The van der Waals surface area contributed by atoms with Crippen molar-refractivity contribution in [3.05, 3.63) is 47.3 Å². The van der Waals surface area contributed by atoms with Crippen molar-refractivity contribution in [2.24, 2.45) is 0 Å². The van der Waals surface area contributed by atoms with Gasteiger partial charge in [-0.15, -0.1) is 0 Å². The summed E-state index contributed by atoms with van der Waals surface area (Å²) in [6, 6.07) is 6.29. The second-order valence-corrected chi connectivity index (χ2v) is 3.88. The molecule has 15 heavy (non-hydrogen) atoms. The number of rotatable bonds is 1. The summed E-state index contributed by atoms with van der Waals surface area (Å²) in [5.41, 5.74) is 4.74. The van der Waals surface area contributed by atoms with E-state index in [0.717, 1.165) is 17.0 Å². The molecular weight excluding hydrogens is 184 g/mol. The first-order chi connectivity index (χ1) is 7.16. The molecule has 0 N–H and O–H groups in total. The van der Waals surface area contributed by atoms with Gasteiger partial charge in [0, 0.05) is 18.0 Å². The van der Waals surface area contributed by atoms with Crippen molar-refractivity contribution in [3.63, 3.8) is 0 Å². The van der Waals surface area contributed by atoms with E-state index >= 15 is 0 Å². The first kappa shape index (κ1) is 9.84. The predicted octanol–water partition coefficient (Wildman–Crippen LogP) is 3.07. The Labute approximate surface area is 90.0 Å². The predicted molar refractivity (Wildman–Crippen MR) is 61.7 cm³/mol. The van der Waals surface area contributed by atoms with Crippen LogP contribution in [-0.4, -0.2) is 9.97 Å². The van der Waals surface area contributed by atoms with Crippen LogP contribution in [-0.2, 0) is 0 Å². The van der Waals surface area contributed by atoms with E-state index in [-0.39, 0.29) is 0 Å². The molecule has 1 heterocycles. The maximum absolute atomic E-state index is 4.31. The fourth-order valence-electron chi connectivity index (χ4n) is 1.42. The molecule has 1 aromatic carbocycles. The van der Waals surface area contributed by atoms with Crippen molar-refractivity contribution in [1.82, 2.24) is 9.97 Å². The summed E-state index contributed by atoms with van der Waals surface area (Å²) in [4.78, 5) is 8.62. The lowest BCUT2D eigenvalue weighted by atomic mass is 10.1. The van der Waals surface area contributed by atoms with Crippen molar-refractivity contribution in [1.29, 1.82) is 0 Å². The number of benzene rings is 1. The Kier molecular flexibility index (Phi) is 2.50. The summed E-state index contributed by atoms with van der Waals surface area (Å²) in [5.74, 6) is 0.795. The zero-order chi connectivity index (χ0) is 10.8. The van der Waals surface area contributed by atoms with Crippen molar-refractivity contribution < 1.29 is 0 Å². The Bertz CT molecular complexity index is 472. The number of hydrogen-bond donors (Lipinski definition) is 0. The van der Waals surface area contributed by atoms with E-state index in [1.807, 2.05) is 19.3 Å². The SMILES string of the molecule is Cc1cnc(-c2ccc(C)c(C)c2)nc1. The Morgan fingerprint density at radius 3 is 2.13 bits per heavy atom. The molecule has 0 fully saturated rings. The number of hydrogen-bond acceptors (Lipinski definition) is 2. The van der Waals surface area contributed by atoms with Gasteiger partial charge in [0.15, 0.2) is 5.82 Å². The highest BCUT2D eigenvalue weighted by Crippen LogP contribution is 2.18. The molecule has 2 heteroatoms. The van der Waals surface area contributed by atoms with E-state index in [1.165, 1.54) is 11.1 Å². The van der Waals surface area contributed by atoms with Crippen molar-refractivity contribution in [3.8, 4) is 11.4 Å². The molecule has 0 aliphatic carbocycles. The topological polar surface area (TPSA) is 25.8 Å². The highest BCUT2D eigenvalue weighted by molar-refractivity contribution is 5.56. The summed E-state index contributed by atoms with van der Waals surface area (Å²) < 4.78 is 0. The van der Waals surface area contributed by atoms with Gasteiger partial charge in [-0.3, -0.25) is 0 Å². The van der Waals surface area contributed by atoms with Gasteiger partial charge in [0.25, 0.3) is 0 Å². The molecule has 1 aromatic heterocycles. The number of nitrogens with zero attached hydrogens (tertiary/aromatic N) is 2. The molecule has 0 aliphatic heterocycles. The first-order valence-electron chi connectivity index (χ1n) is 5.03. The number of aromatic nitrogens is 2.